The Kier molecular flexibility index (Phi) is 6.84. The van der Waals surface area contributed by atoms with Crippen LogP contribution in [0.25, 0.3) is 0 Å². The maximum Gasteiger partial charge on any atom is 0.331 e. The largest absolute Gasteiger partial charge is 0.468 e. The Morgan fingerprint density at radius 1 is 0.885 bits per heavy atom. The van der Waals surface area contributed by atoms with E-state index in [0.29, 0.717) is 0 Å². The first-order chi connectivity index (χ1) is 12.0. The molecular formula is C20H26O6. The van der Waals surface area contributed by atoms with E-state index in [0.717, 1.165) is 19.8 Å². The van der Waals surface area contributed by atoms with Crippen LogP contribution < -0.4 is 0 Å². The standard InChI is InChI=1S/C20H26O6/c1-13(21)11-12-20(17(23)25-5,18(24)26-6)16(22)14-7-9-15(10-8-14)19(2,3)4/h7-10H,11-12H2,1-6H3. The molecule has 0 aliphatic rings. The summed E-state index contributed by atoms with van der Waals surface area (Å²) in [5.74, 6) is -3.05. The summed E-state index contributed by atoms with van der Waals surface area (Å²) < 4.78 is 9.44. The van der Waals surface area contributed by atoms with Gasteiger partial charge >= 0.3 is 11.9 Å². The zero-order chi connectivity index (χ0) is 20.1. The third kappa shape index (κ3) is 4.36. The molecule has 6 nitrogen and oxygen atoms in total. The van der Waals surface area contributed by atoms with Crippen LogP contribution in [0.1, 0.15) is 56.5 Å². The molecule has 0 saturated heterocycles. The summed E-state index contributed by atoms with van der Waals surface area (Å²) in [6.45, 7) is 7.42. The molecule has 26 heavy (non-hydrogen) atoms. The van der Waals surface area contributed by atoms with Crippen molar-refractivity contribution >= 4 is 23.5 Å². The van der Waals surface area contributed by atoms with Gasteiger partial charge in [0.05, 0.1) is 14.2 Å². The van der Waals surface area contributed by atoms with Crippen LogP contribution in [0.2, 0.25) is 0 Å². The number of rotatable bonds is 7. The summed E-state index contributed by atoms with van der Waals surface area (Å²) in [5, 5.41) is 0. The number of carbonyl (C=O) groups excluding carboxylic acids is 4. The third-order valence-corrected chi connectivity index (χ3v) is 4.32. The number of benzene rings is 1. The van der Waals surface area contributed by atoms with E-state index in [4.69, 9.17) is 9.47 Å². The highest BCUT2D eigenvalue weighted by molar-refractivity contribution is 6.25. The van der Waals surface area contributed by atoms with Gasteiger partial charge in [-0.1, -0.05) is 45.0 Å². The lowest BCUT2D eigenvalue weighted by Gasteiger charge is -2.27. The number of hydrogen-bond donors (Lipinski definition) is 0. The second-order valence-corrected chi connectivity index (χ2v) is 7.25. The van der Waals surface area contributed by atoms with Crippen LogP contribution in [-0.4, -0.2) is 37.7 Å². The maximum atomic E-state index is 13.1. The van der Waals surface area contributed by atoms with Gasteiger partial charge in [-0.3, -0.25) is 14.4 Å². The minimum Gasteiger partial charge on any atom is -0.468 e. The van der Waals surface area contributed by atoms with Crippen molar-refractivity contribution in [3.63, 3.8) is 0 Å². The van der Waals surface area contributed by atoms with Gasteiger partial charge in [0.1, 0.15) is 5.78 Å². The molecule has 0 spiro atoms. The average Bonchev–Trinajstić information content (AvgIpc) is 2.60. The molecule has 1 aromatic rings. The van der Waals surface area contributed by atoms with Crippen molar-refractivity contribution in [3.8, 4) is 0 Å². The summed E-state index contributed by atoms with van der Waals surface area (Å²) in [6, 6.07) is 6.68. The van der Waals surface area contributed by atoms with E-state index in [1.807, 2.05) is 20.8 Å². The zero-order valence-electron chi connectivity index (χ0n) is 16.2. The van der Waals surface area contributed by atoms with E-state index in [9.17, 15) is 19.2 Å². The van der Waals surface area contributed by atoms with Gasteiger partial charge in [-0.05, 0) is 24.3 Å². The fraction of sp³-hybridized carbons (Fsp3) is 0.500. The van der Waals surface area contributed by atoms with Gasteiger partial charge in [0.15, 0.2) is 5.78 Å². The molecule has 0 aromatic heterocycles. The van der Waals surface area contributed by atoms with Gasteiger partial charge in [0.25, 0.3) is 0 Å². The molecule has 1 aromatic carbocycles. The lowest BCUT2D eigenvalue weighted by atomic mass is 9.75. The minimum absolute atomic E-state index is 0.113. The van der Waals surface area contributed by atoms with Crippen molar-refractivity contribution in [2.45, 2.75) is 46.0 Å². The molecule has 142 valence electrons. The number of ketones is 2. The number of ether oxygens (including phenoxy) is 2. The molecule has 0 aliphatic carbocycles. The monoisotopic (exact) mass is 362 g/mol. The summed E-state index contributed by atoms with van der Waals surface area (Å²) in [6.07, 6.45) is -0.433. The van der Waals surface area contributed by atoms with Crippen LogP contribution in [0.5, 0.6) is 0 Å². The number of esters is 2. The van der Waals surface area contributed by atoms with E-state index < -0.39 is 23.1 Å². The maximum absolute atomic E-state index is 13.1. The van der Waals surface area contributed by atoms with Crippen molar-refractivity contribution < 1.29 is 28.7 Å². The number of hydrogen-bond acceptors (Lipinski definition) is 6. The molecule has 0 unspecified atom stereocenters. The molecule has 0 aliphatic heterocycles. The Labute approximate surface area is 153 Å². The Morgan fingerprint density at radius 2 is 1.35 bits per heavy atom. The lowest BCUT2D eigenvalue weighted by Crippen LogP contribution is -2.48. The Bertz CT molecular complexity index is 678. The highest BCUT2D eigenvalue weighted by Gasteiger charge is 2.55. The van der Waals surface area contributed by atoms with Crippen molar-refractivity contribution in [2.24, 2.45) is 5.41 Å². The second-order valence-electron chi connectivity index (χ2n) is 7.25. The van der Waals surface area contributed by atoms with Crippen molar-refractivity contribution in [1.82, 2.24) is 0 Å². The summed E-state index contributed by atoms with van der Waals surface area (Å²) in [7, 11) is 2.17. The van der Waals surface area contributed by atoms with Crippen molar-refractivity contribution in [3.05, 3.63) is 35.4 Å². The van der Waals surface area contributed by atoms with Crippen LogP contribution in [0.15, 0.2) is 24.3 Å². The average molecular weight is 362 g/mol. The molecule has 0 radical (unpaired) electrons. The summed E-state index contributed by atoms with van der Waals surface area (Å²) in [4.78, 5) is 49.4. The van der Waals surface area contributed by atoms with Gasteiger partial charge < -0.3 is 14.3 Å². The Hall–Kier alpha value is -2.50. The lowest BCUT2D eigenvalue weighted by molar-refractivity contribution is -0.165. The highest BCUT2D eigenvalue weighted by Crippen LogP contribution is 2.33. The zero-order valence-corrected chi connectivity index (χ0v) is 16.2. The van der Waals surface area contributed by atoms with Crippen LogP contribution in [0.3, 0.4) is 0 Å². The van der Waals surface area contributed by atoms with E-state index in [-0.39, 0.29) is 29.6 Å². The SMILES string of the molecule is COC(=O)C(CCC(C)=O)(C(=O)OC)C(=O)c1ccc(C(C)(C)C)cc1. The van der Waals surface area contributed by atoms with Gasteiger partial charge in [-0.15, -0.1) is 0 Å². The molecular weight excluding hydrogens is 336 g/mol. The van der Waals surface area contributed by atoms with E-state index in [1.165, 1.54) is 6.92 Å². The normalized spacial score (nSPS) is 11.6. The fourth-order valence-electron chi connectivity index (χ4n) is 2.67. The predicted octanol–water partition coefficient (Wildman–Crippen LogP) is 2.87. The van der Waals surface area contributed by atoms with Gasteiger partial charge in [-0.25, -0.2) is 0 Å². The first-order valence-corrected chi connectivity index (χ1v) is 8.32. The first kappa shape index (κ1) is 21.5. The fourth-order valence-corrected chi connectivity index (χ4v) is 2.67. The van der Waals surface area contributed by atoms with Crippen molar-refractivity contribution in [2.75, 3.05) is 14.2 Å². The van der Waals surface area contributed by atoms with Crippen LogP contribution in [0, 0.1) is 5.41 Å². The Balaban J connectivity index is 3.44. The molecule has 0 atom stereocenters. The molecule has 0 amide bonds. The first-order valence-electron chi connectivity index (χ1n) is 8.32. The third-order valence-electron chi connectivity index (χ3n) is 4.32. The highest BCUT2D eigenvalue weighted by atomic mass is 16.5. The minimum atomic E-state index is -2.20. The molecule has 0 fully saturated rings. The van der Waals surface area contributed by atoms with Gasteiger partial charge in [0.2, 0.25) is 5.41 Å². The smallest absolute Gasteiger partial charge is 0.331 e. The number of methoxy groups -OCH3 is 2. The molecule has 0 bridgehead atoms. The summed E-state index contributed by atoms with van der Waals surface area (Å²) in [5.41, 5.74) is -1.13. The summed E-state index contributed by atoms with van der Waals surface area (Å²) >= 11 is 0. The van der Waals surface area contributed by atoms with E-state index >= 15 is 0 Å². The molecule has 0 heterocycles. The molecule has 6 heteroatoms. The number of carbonyl (C=O) groups is 4. The van der Waals surface area contributed by atoms with E-state index in [2.05, 4.69) is 0 Å². The van der Waals surface area contributed by atoms with Crippen LogP contribution in [-0.2, 0) is 29.3 Å². The number of Topliss-reactive ketones (excluding diaryl/α,β-unsaturated/α-hetero) is 2. The van der Waals surface area contributed by atoms with Gasteiger partial charge in [-0.2, -0.15) is 0 Å². The molecule has 1 rings (SSSR count). The van der Waals surface area contributed by atoms with Crippen LogP contribution >= 0.6 is 0 Å². The molecule has 0 saturated carbocycles. The predicted molar refractivity (Wildman–Crippen MR) is 95.9 cm³/mol. The van der Waals surface area contributed by atoms with E-state index in [1.54, 1.807) is 24.3 Å². The van der Waals surface area contributed by atoms with Gasteiger partial charge in [0, 0.05) is 12.0 Å². The topological polar surface area (TPSA) is 86.7 Å². The quantitative estimate of drug-likeness (QED) is 0.421. The molecule has 0 N–H and O–H groups in total. The Morgan fingerprint density at radius 3 is 1.69 bits per heavy atom. The second kappa shape index (κ2) is 8.25. The van der Waals surface area contributed by atoms with Crippen molar-refractivity contribution in [1.29, 1.82) is 0 Å². The van der Waals surface area contributed by atoms with Crippen LogP contribution in [0.4, 0.5) is 0 Å².